The molecule has 1 aliphatic rings. The van der Waals surface area contributed by atoms with Crippen molar-refractivity contribution in [1.29, 1.82) is 0 Å². The van der Waals surface area contributed by atoms with Crippen molar-refractivity contribution >= 4 is 0 Å². The molecule has 2 heterocycles. The van der Waals surface area contributed by atoms with Crippen LogP contribution in [0.4, 0.5) is 0 Å². The molecule has 1 aromatic rings. The van der Waals surface area contributed by atoms with E-state index in [0.717, 1.165) is 31.9 Å². The lowest BCUT2D eigenvalue weighted by Crippen LogP contribution is -2.57. The molecule has 2 unspecified atom stereocenters. The van der Waals surface area contributed by atoms with E-state index in [1.165, 1.54) is 4.80 Å². The zero-order valence-corrected chi connectivity index (χ0v) is 11.8. The summed E-state index contributed by atoms with van der Waals surface area (Å²) in [5.74, 6) is 1.45. The minimum atomic E-state index is 0.552. The summed E-state index contributed by atoms with van der Waals surface area (Å²) in [6.45, 7) is 9.69. The second kappa shape index (κ2) is 5.75. The van der Waals surface area contributed by atoms with Crippen molar-refractivity contribution in [2.24, 2.45) is 13.0 Å². The lowest BCUT2D eigenvalue weighted by molar-refractivity contribution is 0.0873. The van der Waals surface area contributed by atoms with Gasteiger partial charge >= 0.3 is 0 Å². The topological polar surface area (TPSA) is 58.9 Å². The molecular weight excluding hydrogens is 228 g/mol. The maximum Gasteiger partial charge on any atom is 0.188 e. The van der Waals surface area contributed by atoms with Gasteiger partial charge < -0.3 is 5.32 Å². The number of piperazine rings is 1. The highest BCUT2D eigenvalue weighted by atomic mass is 15.6. The van der Waals surface area contributed by atoms with E-state index in [0.29, 0.717) is 18.0 Å². The average Bonchev–Trinajstić information content (AvgIpc) is 2.74. The summed E-state index contributed by atoms with van der Waals surface area (Å²) in [5, 5.41) is 15.9. The Bertz CT molecular complexity index is 374. The molecule has 1 aromatic heterocycles. The van der Waals surface area contributed by atoms with Crippen molar-refractivity contribution in [2.45, 2.75) is 45.8 Å². The predicted octanol–water partition coefficient (Wildman–Crippen LogP) is 0.419. The molecule has 2 atom stereocenters. The largest absolute Gasteiger partial charge is 0.311 e. The maximum absolute atomic E-state index is 4.28. The monoisotopic (exact) mass is 252 g/mol. The van der Waals surface area contributed by atoms with E-state index in [-0.39, 0.29) is 0 Å². The van der Waals surface area contributed by atoms with E-state index >= 15 is 0 Å². The predicted molar refractivity (Wildman–Crippen MR) is 69.9 cm³/mol. The van der Waals surface area contributed by atoms with E-state index in [1.54, 1.807) is 0 Å². The molecule has 0 spiro atoms. The molecule has 2 rings (SSSR count). The van der Waals surface area contributed by atoms with Crippen molar-refractivity contribution in [3.63, 3.8) is 0 Å². The van der Waals surface area contributed by atoms with Gasteiger partial charge in [-0.15, -0.1) is 10.2 Å². The summed E-state index contributed by atoms with van der Waals surface area (Å²) < 4.78 is 0. The first kappa shape index (κ1) is 13.4. The van der Waals surface area contributed by atoms with Crippen LogP contribution in [-0.4, -0.2) is 50.3 Å². The van der Waals surface area contributed by atoms with E-state index < -0.39 is 0 Å². The Hall–Kier alpha value is -1.01. The van der Waals surface area contributed by atoms with Crippen molar-refractivity contribution in [3.05, 3.63) is 5.82 Å². The zero-order valence-electron chi connectivity index (χ0n) is 11.8. The van der Waals surface area contributed by atoms with Gasteiger partial charge in [-0.1, -0.05) is 20.8 Å². The lowest BCUT2D eigenvalue weighted by Gasteiger charge is -2.41. The molecule has 0 aromatic carbocycles. The molecule has 0 saturated carbocycles. The SMILES string of the molecule is CCC1CN(Cc2nnn(C)n2)C(C(C)C)CN1. The van der Waals surface area contributed by atoms with Crippen LogP contribution in [0.3, 0.4) is 0 Å². The third-order valence-electron chi connectivity index (χ3n) is 3.70. The summed E-state index contributed by atoms with van der Waals surface area (Å²) in [5.41, 5.74) is 0. The number of aromatic nitrogens is 4. The molecule has 1 saturated heterocycles. The first-order valence-corrected chi connectivity index (χ1v) is 6.80. The van der Waals surface area contributed by atoms with Crippen LogP contribution in [-0.2, 0) is 13.6 Å². The fraction of sp³-hybridized carbons (Fsp3) is 0.917. The van der Waals surface area contributed by atoms with Crippen LogP contribution in [0.25, 0.3) is 0 Å². The van der Waals surface area contributed by atoms with Gasteiger partial charge in [0, 0.05) is 25.2 Å². The minimum absolute atomic E-state index is 0.552. The second-order valence-corrected chi connectivity index (χ2v) is 5.45. The Labute approximate surface area is 109 Å². The summed E-state index contributed by atoms with van der Waals surface area (Å²) in [4.78, 5) is 4.02. The number of hydrogen-bond acceptors (Lipinski definition) is 5. The third kappa shape index (κ3) is 3.05. The van der Waals surface area contributed by atoms with E-state index in [9.17, 15) is 0 Å². The van der Waals surface area contributed by atoms with Crippen LogP contribution in [0.2, 0.25) is 0 Å². The van der Waals surface area contributed by atoms with Gasteiger partial charge in [0.05, 0.1) is 13.6 Å². The highest BCUT2D eigenvalue weighted by molar-refractivity contribution is 4.90. The highest BCUT2D eigenvalue weighted by Gasteiger charge is 2.29. The Kier molecular flexibility index (Phi) is 4.29. The smallest absolute Gasteiger partial charge is 0.188 e. The first-order chi connectivity index (χ1) is 8.60. The third-order valence-corrected chi connectivity index (χ3v) is 3.70. The van der Waals surface area contributed by atoms with Gasteiger partial charge in [0.25, 0.3) is 0 Å². The number of tetrazole rings is 1. The average molecular weight is 252 g/mol. The normalized spacial score (nSPS) is 25.8. The van der Waals surface area contributed by atoms with Gasteiger partial charge in [-0.3, -0.25) is 4.90 Å². The van der Waals surface area contributed by atoms with Crippen LogP contribution < -0.4 is 5.32 Å². The molecule has 6 heteroatoms. The Morgan fingerprint density at radius 1 is 1.44 bits per heavy atom. The van der Waals surface area contributed by atoms with Gasteiger partial charge in [0.15, 0.2) is 5.82 Å². The molecule has 6 nitrogen and oxygen atoms in total. The molecule has 0 bridgehead atoms. The number of nitrogens with one attached hydrogen (secondary N) is 1. The summed E-state index contributed by atoms with van der Waals surface area (Å²) in [7, 11) is 1.81. The van der Waals surface area contributed by atoms with Crippen LogP contribution in [0.15, 0.2) is 0 Å². The van der Waals surface area contributed by atoms with Crippen LogP contribution in [0.1, 0.15) is 33.0 Å². The Morgan fingerprint density at radius 2 is 2.22 bits per heavy atom. The maximum atomic E-state index is 4.28. The quantitative estimate of drug-likeness (QED) is 0.841. The molecule has 1 aliphatic heterocycles. The van der Waals surface area contributed by atoms with Gasteiger partial charge in [-0.2, -0.15) is 4.80 Å². The van der Waals surface area contributed by atoms with E-state index in [4.69, 9.17) is 0 Å². The fourth-order valence-electron chi connectivity index (χ4n) is 2.58. The van der Waals surface area contributed by atoms with Gasteiger partial charge in [0.2, 0.25) is 0 Å². The van der Waals surface area contributed by atoms with Crippen LogP contribution in [0.5, 0.6) is 0 Å². The number of hydrogen-bond donors (Lipinski definition) is 1. The summed E-state index contributed by atoms with van der Waals surface area (Å²) in [6.07, 6.45) is 1.16. The minimum Gasteiger partial charge on any atom is -0.311 e. The standard InChI is InChI=1S/C12H24N6/c1-5-10-7-18(11(6-13-10)9(2)3)8-12-14-16-17(4)15-12/h9-11,13H,5-8H2,1-4H3. The highest BCUT2D eigenvalue weighted by Crippen LogP contribution is 2.17. The Morgan fingerprint density at radius 3 is 2.78 bits per heavy atom. The van der Waals surface area contributed by atoms with Gasteiger partial charge in [-0.05, 0) is 17.6 Å². The number of aryl methyl sites for hydroxylation is 1. The molecule has 18 heavy (non-hydrogen) atoms. The van der Waals surface area contributed by atoms with Crippen molar-refractivity contribution < 1.29 is 0 Å². The van der Waals surface area contributed by atoms with Crippen molar-refractivity contribution in [1.82, 2.24) is 30.4 Å². The van der Waals surface area contributed by atoms with E-state index in [2.05, 4.69) is 46.4 Å². The van der Waals surface area contributed by atoms with Crippen LogP contribution in [0, 0.1) is 5.92 Å². The molecule has 0 radical (unpaired) electrons. The van der Waals surface area contributed by atoms with Gasteiger partial charge in [0.1, 0.15) is 0 Å². The van der Waals surface area contributed by atoms with Crippen molar-refractivity contribution in [2.75, 3.05) is 13.1 Å². The Balaban J connectivity index is 2.04. The van der Waals surface area contributed by atoms with Crippen LogP contribution >= 0.6 is 0 Å². The molecule has 1 fully saturated rings. The molecule has 1 N–H and O–H groups in total. The number of nitrogens with zero attached hydrogens (tertiary/aromatic N) is 5. The molecule has 102 valence electrons. The summed E-state index contributed by atoms with van der Waals surface area (Å²) in [6, 6.07) is 1.13. The number of rotatable bonds is 4. The lowest BCUT2D eigenvalue weighted by atomic mass is 9.97. The molecule has 0 amide bonds. The fourth-order valence-corrected chi connectivity index (χ4v) is 2.58. The summed E-state index contributed by atoms with van der Waals surface area (Å²) >= 11 is 0. The first-order valence-electron chi connectivity index (χ1n) is 6.80. The van der Waals surface area contributed by atoms with E-state index in [1.807, 2.05) is 7.05 Å². The zero-order chi connectivity index (χ0) is 13.1. The van der Waals surface area contributed by atoms with Gasteiger partial charge in [-0.25, -0.2) is 0 Å². The van der Waals surface area contributed by atoms with Crippen molar-refractivity contribution in [3.8, 4) is 0 Å². The molecular formula is C12H24N6. The molecule has 0 aliphatic carbocycles. The second-order valence-electron chi connectivity index (χ2n) is 5.45.